The molecule has 0 fully saturated rings. The van der Waals surface area contributed by atoms with Gasteiger partial charge in [0.05, 0.1) is 17.1 Å². The highest BCUT2D eigenvalue weighted by Crippen LogP contribution is 2.21. The fourth-order valence-corrected chi connectivity index (χ4v) is 3.24. The van der Waals surface area contributed by atoms with Crippen molar-refractivity contribution in [2.45, 2.75) is 0 Å². The van der Waals surface area contributed by atoms with Crippen LogP contribution in [0.5, 0.6) is 5.88 Å². The number of hydrogen-bond acceptors (Lipinski definition) is 5. The molecule has 0 aliphatic rings. The second-order valence-electron chi connectivity index (χ2n) is 6.20. The van der Waals surface area contributed by atoms with Gasteiger partial charge in [0, 0.05) is 16.7 Å². The standard InChI is InChI=1S/C20H14Cl2FN5O2/c21-13-4-5-15(16(22)11-13)20(29)24-8-9-30-18-7-6-17-25-26-19(28(17)27-18)12-2-1-3-14(23)10-12/h1-7,10-11H,8-9H2,(H,24,29). The number of carbonyl (C=O) groups excluding carboxylic acids is 1. The lowest BCUT2D eigenvalue weighted by atomic mass is 10.2. The van der Waals surface area contributed by atoms with Crippen molar-refractivity contribution >= 4 is 34.8 Å². The van der Waals surface area contributed by atoms with E-state index in [1.54, 1.807) is 36.4 Å². The molecule has 4 rings (SSSR count). The number of fused-ring (bicyclic) bond motifs is 1. The van der Waals surface area contributed by atoms with Gasteiger partial charge < -0.3 is 10.1 Å². The lowest BCUT2D eigenvalue weighted by molar-refractivity contribution is 0.0946. The Bertz CT molecular complexity index is 1230. The summed E-state index contributed by atoms with van der Waals surface area (Å²) in [6.07, 6.45) is 0. The zero-order valence-electron chi connectivity index (χ0n) is 15.3. The molecule has 0 saturated carbocycles. The number of carbonyl (C=O) groups is 1. The maximum atomic E-state index is 13.5. The van der Waals surface area contributed by atoms with Gasteiger partial charge in [-0.3, -0.25) is 4.79 Å². The van der Waals surface area contributed by atoms with E-state index in [2.05, 4.69) is 20.6 Å². The number of aromatic nitrogens is 4. The van der Waals surface area contributed by atoms with Crippen LogP contribution in [0.15, 0.2) is 54.6 Å². The summed E-state index contributed by atoms with van der Waals surface area (Å²) in [5.74, 6) is -0.0246. The van der Waals surface area contributed by atoms with E-state index < -0.39 is 0 Å². The molecular formula is C20H14Cl2FN5O2. The summed E-state index contributed by atoms with van der Waals surface area (Å²) in [6.45, 7) is 0.406. The topological polar surface area (TPSA) is 81.4 Å². The largest absolute Gasteiger partial charge is 0.475 e. The Labute approximate surface area is 180 Å². The number of rotatable bonds is 6. The Hall–Kier alpha value is -3.23. The Morgan fingerprint density at radius 3 is 2.77 bits per heavy atom. The molecule has 2 aromatic carbocycles. The van der Waals surface area contributed by atoms with Crippen molar-refractivity contribution in [2.75, 3.05) is 13.2 Å². The number of ether oxygens (including phenoxy) is 1. The number of benzene rings is 2. The number of nitrogens with zero attached hydrogens (tertiary/aromatic N) is 4. The molecule has 0 radical (unpaired) electrons. The second kappa shape index (κ2) is 8.64. The molecule has 2 aromatic heterocycles. The Balaban J connectivity index is 1.41. The van der Waals surface area contributed by atoms with Crippen molar-refractivity contribution in [3.8, 4) is 17.3 Å². The summed E-state index contributed by atoms with van der Waals surface area (Å²) in [5, 5.41) is 15.9. The minimum Gasteiger partial charge on any atom is -0.475 e. The van der Waals surface area contributed by atoms with Crippen molar-refractivity contribution in [1.82, 2.24) is 25.1 Å². The van der Waals surface area contributed by atoms with Crippen molar-refractivity contribution in [3.05, 3.63) is 76.0 Å². The molecule has 30 heavy (non-hydrogen) atoms. The lowest BCUT2D eigenvalue weighted by Crippen LogP contribution is -2.28. The minimum atomic E-state index is -0.381. The highest BCUT2D eigenvalue weighted by Gasteiger charge is 2.12. The summed E-state index contributed by atoms with van der Waals surface area (Å²) in [4.78, 5) is 12.2. The molecule has 0 atom stereocenters. The summed E-state index contributed by atoms with van der Waals surface area (Å²) in [5.41, 5.74) is 1.36. The van der Waals surface area contributed by atoms with Crippen LogP contribution in [0.4, 0.5) is 4.39 Å². The van der Waals surface area contributed by atoms with Crippen LogP contribution in [0.25, 0.3) is 17.0 Å². The van der Waals surface area contributed by atoms with Gasteiger partial charge in [0.2, 0.25) is 5.88 Å². The zero-order chi connectivity index (χ0) is 21.1. The van der Waals surface area contributed by atoms with Gasteiger partial charge in [-0.2, -0.15) is 4.52 Å². The molecule has 1 amide bonds. The smallest absolute Gasteiger partial charge is 0.252 e. The molecule has 0 aliphatic carbocycles. The van der Waals surface area contributed by atoms with Gasteiger partial charge in [-0.25, -0.2) is 4.39 Å². The Morgan fingerprint density at radius 1 is 1.10 bits per heavy atom. The van der Waals surface area contributed by atoms with Crippen LogP contribution < -0.4 is 10.1 Å². The Kier molecular flexibility index (Phi) is 5.78. The number of halogens is 3. The lowest BCUT2D eigenvalue weighted by Gasteiger charge is -2.09. The van der Waals surface area contributed by atoms with Gasteiger partial charge in [-0.15, -0.1) is 15.3 Å². The maximum absolute atomic E-state index is 13.5. The van der Waals surface area contributed by atoms with Crippen molar-refractivity contribution < 1.29 is 13.9 Å². The quantitative estimate of drug-likeness (QED) is 0.452. The summed E-state index contributed by atoms with van der Waals surface area (Å²) in [6, 6.07) is 14.0. The fourth-order valence-electron chi connectivity index (χ4n) is 2.75. The van der Waals surface area contributed by atoms with E-state index in [0.29, 0.717) is 33.5 Å². The third kappa shape index (κ3) is 4.34. The van der Waals surface area contributed by atoms with Crippen LogP contribution in [0.1, 0.15) is 10.4 Å². The van der Waals surface area contributed by atoms with E-state index in [1.165, 1.54) is 22.7 Å². The molecule has 2 heterocycles. The maximum Gasteiger partial charge on any atom is 0.252 e. The van der Waals surface area contributed by atoms with Crippen molar-refractivity contribution in [3.63, 3.8) is 0 Å². The third-order valence-electron chi connectivity index (χ3n) is 4.13. The molecule has 0 unspecified atom stereocenters. The van der Waals surface area contributed by atoms with Crippen LogP contribution in [0, 0.1) is 5.82 Å². The van der Waals surface area contributed by atoms with Gasteiger partial charge in [0.15, 0.2) is 11.5 Å². The van der Waals surface area contributed by atoms with Crippen LogP contribution in [-0.2, 0) is 0 Å². The number of nitrogens with one attached hydrogen (secondary N) is 1. The molecule has 1 N–H and O–H groups in total. The fraction of sp³-hybridized carbons (Fsp3) is 0.100. The first-order chi connectivity index (χ1) is 14.5. The molecule has 4 aromatic rings. The second-order valence-corrected chi connectivity index (χ2v) is 7.05. The zero-order valence-corrected chi connectivity index (χ0v) is 16.9. The highest BCUT2D eigenvalue weighted by atomic mass is 35.5. The summed E-state index contributed by atoms with van der Waals surface area (Å²) < 4.78 is 20.6. The molecular weight excluding hydrogens is 432 g/mol. The average molecular weight is 446 g/mol. The first kappa shape index (κ1) is 20.1. The summed E-state index contributed by atoms with van der Waals surface area (Å²) >= 11 is 11.9. The molecule has 152 valence electrons. The first-order valence-electron chi connectivity index (χ1n) is 8.86. The number of hydrogen-bond donors (Lipinski definition) is 1. The monoisotopic (exact) mass is 445 g/mol. The first-order valence-corrected chi connectivity index (χ1v) is 9.61. The predicted octanol–water partition coefficient (Wildman–Crippen LogP) is 4.05. The molecule has 0 saturated heterocycles. The number of amides is 1. The van der Waals surface area contributed by atoms with Crippen LogP contribution in [-0.4, -0.2) is 38.9 Å². The van der Waals surface area contributed by atoms with E-state index >= 15 is 0 Å². The van der Waals surface area contributed by atoms with Crippen LogP contribution in [0.3, 0.4) is 0 Å². The van der Waals surface area contributed by atoms with Crippen LogP contribution in [0.2, 0.25) is 10.0 Å². The predicted molar refractivity (Wildman–Crippen MR) is 110 cm³/mol. The molecule has 7 nitrogen and oxygen atoms in total. The van der Waals surface area contributed by atoms with Crippen molar-refractivity contribution in [2.24, 2.45) is 0 Å². The minimum absolute atomic E-state index is 0.173. The van der Waals surface area contributed by atoms with E-state index in [0.717, 1.165) is 0 Å². The van der Waals surface area contributed by atoms with E-state index in [-0.39, 0.29) is 29.9 Å². The third-order valence-corrected chi connectivity index (χ3v) is 4.68. The van der Waals surface area contributed by atoms with E-state index in [1.807, 2.05) is 0 Å². The normalized spacial score (nSPS) is 10.9. The highest BCUT2D eigenvalue weighted by molar-refractivity contribution is 6.36. The van der Waals surface area contributed by atoms with E-state index in [9.17, 15) is 9.18 Å². The van der Waals surface area contributed by atoms with Crippen molar-refractivity contribution in [1.29, 1.82) is 0 Å². The van der Waals surface area contributed by atoms with Crippen LogP contribution >= 0.6 is 23.2 Å². The SMILES string of the molecule is O=C(NCCOc1ccc2nnc(-c3cccc(F)c3)n2n1)c1ccc(Cl)cc1Cl. The Morgan fingerprint density at radius 2 is 1.97 bits per heavy atom. The van der Waals surface area contributed by atoms with Gasteiger partial charge in [0.25, 0.3) is 5.91 Å². The van der Waals surface area contributed by atoms with E-state index in [4.69, 9.17) is 27.9 Å². The molecule has 0 bridgehead atoms. The molecule has 0 spiro atoms. The average Bonchev–Trinajstić information content (AvgIpc) is 3.14. The van der Waals surface area contributed by atoms with Gasteiger partial charge >= 0.3 is 0 Å². The summed E-state index contributed by atoms with van der Waals surface area (Å²) in [7, 11) is 0. The van der Waals surface area contributed by atoms with Gasteiger partial charge in [0.1, 0.15) is 12.4 Å². The van der Waals surface area contributed by atoms with Gasteiger partial charge in [-0.05, 0) is 36.4 Å². The van der Waals surface area contributed by atoms with Gasteiger partial charge in [-0.1, -0.05) is 35.3 Å². The molecule has 0 aliphatic heterocycles. The molecule has 10 heteroatoms.